The molecule has 15 aliphatic carbocycles. The van der Waals surface area contributed by atoms with Crippen LogP contribution in [0.3, 0.4) is 0 Å². The minimum absolute atomic E-state index is 0. The molecule has 15 saturated carbocycles. The van der Waals surface area contributed by atoms with Gasteiger partial charge < -0.3 is 28.4 Å². The molecular formula is C80H128O12. The highest BCUT2D eigenvalue weighted by Gasteiger charge is 2.70. The SMILES string of the molecule is C.C.CCC(C)(C)C(=O)OC1CC2CC1C1C3CC(CC3C(=O)OC3(C)CCCC3)C21.CCC1(OC(=O)C2CC3CC2C2C4CC(CC4OC(=O)C(C)(C)CC)C32)CCCC1.CCC1(OC(=O)C2CC3CC2C2C4CC(CC4OC(=O)C(C)(C)CC)C32)CCCCC1. The maximum Gasteiger partial charge on any atom is 0.311 e. The van der Waals surface area contributed by atoms with E-state index >= 15 is 0 Å². The van der Waals surface area contributed by atoms with Crippen molar-refractivity contribution in [1.29, 1.82) is 0 Å². The molecule has 24 unspecified atom stereocenters. The van der Waals surface area contributed by atoms with E-state index in [-0.39, 0.29) is 104 Å². The highest BCUT2D eigenvalue weighted by atomic mass is 16.6. The largest absolute Gasteiger partial charge is 0.462 e. The van der Waals surface area contributed by atoms with Gasteiger partial charge in [0, 0.05) is 0 Å². The van der Waals surface area contributed by atoms with Crippen molar-refractivity contribution in [3.63, 3.8) is 0 Å². The topological polar surface area (TPSA) is 158 Å². The smallest absolute Gasteiger partial charge is 0.311 e. The minimum atomic E-state index is -0.406. The summed E-state index contributed by atoms with van der Waals surface area (Å²) in [5.74, 6) is 11.4. The molecule has 0 aliphatic heterocycles. The molecule has 0 radical (unpaired) electrons. The number of rotatable bonds is 17. The first-order chi connectivity index (χ1) is 42.8. The second-order valence-electron chi connectivity index (χ2n) is 36.0. The summed E-state index contributed by atoms with van der Waals surface area (Å²) in [6.45, 7) is 24.6. The maximum atomic E-state index is 13.4. The summed E-state index contributed by atoms with van der Waals surface area (Å²) in [6, 6.07) is 0. The van der Waals surface area contributed by atoms with Gasteiger partial charge in [-0.25, -0.2) is 0 Å². The second kappa shape index (κ2) is 26.2. The van der Waals surface area contributed by atoms with Crippen LogP contribution < -0.4 is 0 Å². The van der Waals surface area contributed by atoms with Gasteiger partial charge in [-0.2, -0.15) is 0 Å². The zero-order valence-corrected chi connectivity index (χ0v) is 58.0. The van der Waals surface area contributed by atoms with Crippen molar-refractivity contribution < 1.29 is 57.2 Å². The van der Waals surface area contributed by atoms with Crippen LogP contribution in [-0.2, 0) is 57.2 Å². The van der Waals surface area contributed by atoms with Gasteiger partial charge in [-0.15, -0.1) is 0 Å². The van der Waals surface area contributed by atoms with Crippen LogP contribution in [0.1, 0.15) is 291 Å². The number of carbonyl (C=O) groups is 6. The van der Waals surface area contributed by atoms with E-state index in [2.05, 4.69) is 41.5 Å². The average Bonchev–Trinajstić information content (AvgIpc) is 1.56. The molecule has 0 amide bonds. The second-order valence-corrected chi connectivity index (χ2v) is 36.0. The molecule has 12 bridgehead atoms. The lowest BCUT2D eigenvalue weighted by atomic mass is 9.66. The molecule has 24 atom stereocenters. The molecule has 0 saturated heterocycles. The summed E-state index contributed by atoms with van der Waals surface area (Å²) in [5, 5.41) is 0. The van der Waals surface area contributed by atoms with Gasteiger partial charge in [-0.1, -0.05) is 55.9 Å². The molecule has 12 nitrogen and oxygen atoms in total. The standard InChI is InChI=1S/C27H42O4.C26H40O4.C25H38O4.2CH4/c1-5-26(3,4)25(29)30-21-15-17-14-20(21)23-18-12-16(22(17)23)13-19(18)24(28)31-27(6-2)10-8-7-9-11-27;1-5-25(3,4)24(28)29-20-14-16-13-19(20)22-17-11-15(21(16)22)12-18(17)23(27)30-26(6-2)9-7-8-10-26;1-5-24(2,3)23(27)28-19-13-15-12-18(19)21-16-10-14(20(15)21)11-17(16)22(26)29-25(4)8-6-7-9-25;;/h16-23H,5-15H2,1-4H3;15-22H,5-14H2,1-4H3;14-21H,5-13H2,1-4H3;2*1H4. The quantitative estimate of drug-likeness (QED) is 0.0772. The molecule has 0 N–H and O–H groups in total. The Hall–Kier alpha value is -3.18. The van der Waals surface area contributed by atoms with Gasteiger partial charge in [-0.3, -0.25) is 28.8 Å². The zero-order chi connectivity index (χ0) is 63.8. The van der Waals surface area contributed by atoms with Gasteiger partial charge in [-0.05, 0) is 341 Å². The first-order valence-corrected chi connectivity index (χ1v) is 38.1. The number of hydrogen-bond donors (Lipinski definition) is 0. The van der Waals surface area contributed by atoms with E-state index in [1.165, 1.54) is 83.5 Å². The summed E-state index contributed by atoms with van der Waals surface area (Å²) >= 11 is 0. The molecule has 520 valence electrons. The van der Waals surface area contributed by atoms with Crippen molar-refractivity contribution in [2.75, 3.05) is 0 Å². The molecule has 15 aliphatic rings. The van der Waals surface area contributed by atoms with Crippen LogP contribution in [0.4, 0.5) is 0 Å². The van der Waals surface area contributed by atoms with Gasteiger partial charge >= 0.3 is 35.8 Å². The van der Waals surface area contributed by atoms with E-state index in [1.807, 2.05) is 41.5 Å². The Labute approximate surface area is 556 Å². The molecular weight excluding hydrogens is 1150 g/mol. The average molecular weight is 1280 g/mol. The van der Waals surface area contributed by atoms with E-state index in [1.54, 1.807) is 0 Å². The van der Waals surface area contributed by atoms with E-state index in [9.17, 15) is 28.8 Å². The first kappa shape index (κ1) is 70.1. The van der Waals surface area contributed by atoms with Gasteiger partial charge in [0.1, 0.15) is 35.1 Å². The van der Waals surface area contributed by atoms with Crippen LogP contribution in [0.25, 0.3) is 0 Å². The Balaban J connectivity index is 0.000000140. The van der Waals surface area contributed by atoms with Gasteiger partial charge in [0.05, 0.1) is 34.0 Å². The van der Waals surface area contributed by atoms with Crippen LogP contribution in [0.2, 0.25) is 0 Å². The van der Waals surface area contributed by atoms with Crippen LogP contribution in [0, 0.1) is 141 Å². The third-order valence-corrected chi connectivity index (χ3v) is 30.5. The lowest BCUT2D eigenvalue weighted by Gasteiger charge is -2.42. The number of carbonyl (C=O) groups excluding carboxylic acids is 6. The van der Waals surface area contributed by atoms with Crippen LogP contribution in [0.5, 0.6) is 0 Å². The monoisotopic (exact) mass is 1280 g/mol. The fraction of sp³-hybridized carbons (Fsp3) is 0.925. The summed E-state index contributed by atoms with van der Waals surface area (Å²) in [6.07, 6.45) is 32.5. The Morgan fingerprint density at radius 2 is 0.598 bits per heavy atom. The van der Waals surface area contributed by atoms with Crippen molar-refractivity contribution in [1.82, 2.24) is 0 Å². The molecule has 92 heavy (non-hydrogen) atoms. The zero-order valence-electron chi connectivity index (χ0n) is 58.0. The number of esters is 6. The molecule has 15 rings (SSSR count). The van der Waals surface area contributed by atoms with E-state index in [0.29, 0.717) is 88.8 Å². The molecule has 0 aromatic rings. The van der Waals surface area contributed by atoms with E-state index in [4.69, 9.17) is 28.4 Å². The van der Waals surface area contributed by atoms with Crippen molar-refractivity contribution in [2.45, 2.75) is 326 Å². The normalized spacial score (nSPS) is 42.3. The Bertz CT molecular complexity index is 2690. The molecule has 0 aromatic heterocycles. The first-order valence-electron chi connectivity index (χ1n) is 38.1. The highest BCUT2D eigenvalue weighted by molar-refractivity contribution is 5.78. The van der Waals surface area contributed by atoms with Gasteiger partial charge in [0.15, 0.2) is 0 Å². The number of fused-ring (bicyclic) bond motifs is 27. The van der Waals surface area contributed by atoms with Crippen LogP contribution in [-0.4, -0.2) is 70.9 Å². The summed E-state index contributed by atoms with van der Waals surface area (Å²) in [4.78, 5) is 77.9. The van der Waals surface area contributed by atoms with Crippen molar-refractivity contribution in [3.05, 3.63) is 0 Å². The Morgan fingerprint density at radius 3 is 0.891 bits per heavy atom. The molecule has 12 heteroatoms. The third kappa shape index (κ3) is 12.2. The number of hydrogen-bond acceptors (Lipinski definition) is 12. The fourth-order valence-corrected chi connectivity index (χ4v) is 24.6. The molecule has 0 aromatic carbocycles. The highest BCUT2D eigenvalue weighted by Crippen LogP contribution is 2.72. The Morgan fingerprint density at radius 1 is 0.337 bits per heavy atom. The predicted octanol–water partition coefficient (Wildman–Crippen LogP) is 17.9. The summed E-state index contributed by atoms with van der Waals surface area (Å²) in [7, 11) is 0. The summed E-state index contributed by atoms with van der Waals surface area (Å²) < 4.78 is 36.9. The van der Waals surface area contributed by atoms with Gasteiger partial charge in [0.25, 0.3) is 0 Å². The summed E-state index contributed by atoms with van der Waals surface area (Å²) in [5.41, 5.74) is -1.82. The molecule has 0 spiro atoms. The minimum Gasteiger partial charge on any atom is -0.462 e. The van der Waals surface area contributed by atoms with Crippen molar-refractivity contribution >= 4 is 35.8 Å². The third-order valence-electron chi connectivity index (χ3n) is 30.5. The Kier molecular flexibility index (Phi) is 20.0. The lowest BCUT2D eigenvalue weighted by Crippen LogP contribution is -2.45. The maximum absolute atomic E-state index is 13.4. The van der Waals surface area contributed by atoms with E-state index < -0.39 is 16.2 Å². The fourth-order valence-electron chi connectivity index (χ4n) is 24.6. The van der Waals surface area contributed by atoms with Crippen LogP contribution >= 0.6 is 0 Å². The van der Waals surface area contributed by atoms with Crippen LogP contribution in [0.15, 0.2) is 0 Å². The van der Waals surface area contributed by atoms with Crippen molar-refractivity contribution in [3.8, 4) is 0 Å². The lowest BCUT2D eigenvalue weighted by molar-refractivity contribution is -0.175. The van der Waals surface area contributed by atoms with Crippen molar-refractivity contribution in [2.24, 2.45) is 141 Å². The predicted molar refractivity (Wildman–Crippen MR) is 357 cm³/mol. The van der Waals surface area contributed by atoms with Gasteiger partial charge in [0.2, 0.25) is 0 Å². The number of ether oxygens (including phenoxy) is 6. The van der Waals surface area contributed by atoms with E-state index in [0.717, 1.165) is 127 Å². The molecule has 15 fully saturated rings. The molecule has 0 heterocycles.